The van der Waals surface area contributed by atoms with E-state index in [1.807, 2.05) is 0 Å². The van der Waals surface area contributed by atoms with Crippen LogP contribution in [0.15, 0.2) is 121 Å². The van der Waals surface area contributed by atoms with Crippen LogP contribution in [0.4, 0.5) is 0 Å². The van der Waals surface area contributed by atoms with Gasteiger partial charge in [0, 0.05) is 5.41 Å². The van der Waals surface area contributed by atoms with Crippen LogP contribution in [0.25, 0.3) is 44.5 Å². The molecule has 0 bridgehead atoms. The van der Waals surface area contributed by atoms with Crippen molar-refractivity contribution in [3.05, 3.63) is 132 Å². The SMILES string of the molecule is CC1(C)c2ccccc2-c2ccc(-c3cc(-c4ccccc4)cc(-c4ccccc4)c3)cc21. The van der Waals surface area contributed by atoms with E-state index in [4.69, 9.17) is 0 Å². The molecule has 6 rings (SSSR count). The Morgan fingerprint density at radius 2 is 0.848 bits per heavy atom. The Morgan fingerprint density at radius 1 is 0.364 bits per heavy atom. The molecular formula is C33H26. The maximum Gasteiger partial charge on any atom is 0.0159 e. The normalized spacial score (nSPS) is 13.4. The van der Waals surface area contributed by atoms with Crippen LogP contribution in [0.3, 0.4) is 0 Å². The highest BCUT2D eigenvalue weighted by Gasteiger charge is 2.35. The van der Waals surface area contributed by atoms with E-state index in [2.05, 4.69) is 135 Å². The molecule has 0 radical (unpaired) electrons. The molecule has 0 heteroatoms. The molecule has 33 heavy (non-hydrogen) atoms. The first-order chi connectivity index (χ1) is 16.1. The zero-order chi connectivity index (χ0) is 22.4. The fraction of sp³-hybridized carbons (Fsp3) is 0.0909. The predicted molar refractivity (Wildman–Crippen MR) is 140 cm³/mol. The number of rotatable bonds is 3. The van der Waals surface area contributed by atoms with E-state index in [1.165, 1.54) is 55.6 Å². The third-order valence-electron chi connectivity index (χ3n) is 7.06. The first-order valence-corrected chi connectivity index (χ1v) is 11.6. The van der Waals surface area contributed by atoms with Crippen LogP contribution >= 0.6 is 0 Å². The average Bonchev–Trinajstić information content (AvgIpc) is 3.11. The molecule has 0 unspecified atom stereocenters. The Hall–Kier alpha value is -3.90. The second-order valence-electron chi connectivity index (χ2n) is 9.46. The van der Waals surface area contributed by atoms with E-state index in [0.717, 1.165) is 0 Å². The third-order valence-corrected chi connectivity index (χ3v) is 7.06. The molecule has 158 valence electrons. The topological polar surface area (TPSA) is 0 Å². The second-order valence-corrected chi connectivity index (χ2v) is 9.46. The first-order valence-electron chi connectivity index (χ1n) is 11.6. The van der Waals surface area contributed by atoms with Crippen molar-refractivity contribution in [2.24, 2.45) is 0 Å². The Kier molecular flexibility index (Phi) is 4.55. The van der Waals surface area contributed by atoms with Crippen molar-refractivity contribution in [1.82, 2.24) is 0 Å². The summed E-state index contributed by atoms with van der Waals surface area (Å²) in [6.07, 6.45) is 0. The van der Waals surface area contributed by atoms with Gasteiger partial charge in [-0.15, -0.1) is 0 Å². The van der Waals surface area contributed by atoms with Gasteiger partial charge in [-0.3, -0.25) is 0 Å². The van der Waals surface area contributed by atoms with Crippen molar-refractivity contribution in [1.29, 1.82) is 0 Å². The zero-order valence-electron chi connectivity index (χ0n) is 19.0. The highest BCUT2D eigenvalue weighted by atomic mass is 14.4. The lowest BCUT2D eigenvalue weighted by atomic mass is 9.81. The van der Waals surface area contributed by atoms with Crippen molar-refractivity contribution >= 4 is 0 Å². The lowest BCUT2D eigenvalue weighted by Gasteiger charge is -2.22. The van der Waals surface area contributed by atoms with Gasteiger partial charge >= 0.3 is 0 Å². The maximum atomic E-state index is 2.41. The molecule has 0 N–H and O–H groups in total. The molecule has 0 spiro atoms. The number of benzene rings is 5. The Morgan fingerprint density at radius 3 is 1.45 bits per heavy atom. The van der Waals surface area contributed by atoms with Gasteiger partial charge in [-0.1, -0.05) is 111 Å². The van der Waals surface area contributed by atoms with Gasteiger partial charge in [-0.25, -0.2) is 0 Å². The van der Waals surface area contributed by atoms with Gasteiger partial charge in [0.15, 0.2) is 0 Å². The lowest BCUT2D eigenvalue weighted by Crippen LogP contribution is -2.14. The average molecular weight is 423 g/mol. The van der Waals surface area contributed by atoms with Crippen molar-refractivity contribution in [2.45, 2.75) is 19.3 Å². The van der Waals surface area contributed by atoms with Crippen molar-refractivity contribution in [2.75, 3.05) is 0 Å². The molecule has 0 nitrogen and oxygen atoms in total. The molecule has 0 aliphatic heterocycles. The smallest absolute Gasteiger partial charge is 0.0159 e. The van der Waals surface area contributed by atoms with Gasteiger partial charge in [-0.2, -0.15) is 0 Å². The van der Waals surface area contributed by atoms with Crippen LogP contribution in [-0.4, -0.2) is 0 Å². The standard InChI is InChI=1S/C33H26/c1-33(2)31-16-10-9-15-29(31)30-18-17-25(22-32(30)33)28-20-26(23-11-5-3-6-12-23)19-27(21-28)24-13-7-4-8-14-24/h3-22H,1-2H3. The van der Waals surface area contributed by atoms with E-state index >= 15 is 0 Å². The van der Waals surface area contributed by atoms with E-state index in [9.17, 15) is 0 Å². The van der Waals surface area contributed by atoms with Gasteiger partial charge in [0.2, 0.25) is 0 Å². The van der Waals surface area contributed by atoms with Gasteiger partial charge in [0.25, 0.3) is 0 Å². The number of hydrogen-bond acceptors (Lipinski definition) is 0. The van der Waals surface area contributed by atoms with Crippen LogP contribution in [0.5, 0.6) is 0 Å². The van der Waals surface area contributed by atoms with E-state index < -0.39 is 0 Å². The highest BCUT2D eigenvalue weighted by Crippen LogP contribution is 2.49. The molecule has 0 saturated carbocycles. The third kappa shape index (κ3) is 3.31. The quantitative estimate of drug-likeness (QED) is 0.272. The molecule has 0 heterocycles. The maximum absolute atomic E-state index is 2.41. The monoisotopic (exact) mass is 422 g/mol. The lowest BCUT2D eigenvalue weighted by molar-refractivity contribution is 0.660. The van der Waals surface area contributed by atoms with Gasteiger partial charge < -0.3 is 0 Å². The summed E-state index contributed by atoms with van der Waals surface area (Å²) >= 11 is 0. The first kappa shape index (κ1) is 19.8. The molecule has 5 aromatic rings. The van der Waals surface area contributed by atoms with E-state index in [-0.39, 0.29) is 5.41 Å². The summed E-state index contributed by atoms with van der Waals surface area (Å²) in [6.45, 7) is 4.69. The van der Waals surface area contributed by atoms with Gasteiger partial charge in [0.1, 0.15) is 0 Å². The van der Waals surface area contributed by atoms with Crippen LogP contribution in [0.2, 0.25) is 0 Å². The molecule has 0 amide bonds. The predicted octanol–water partition coefficient (Wildman–Crippen LogP) is 8.99. The Balaban J connectivity index is 1.54. The second kappa shape index (κ2) is 7.60. The number of fused-ring (bicyclic) bond motifs is 3. The van der Waals surface area contributed by atoms with Crippen LogP contribution < -0.4 is 0 Å². The molecule has 5 aromatic carbocycles. The van der Waals surface area contributed by atoms with Crippen molar-refractivity contribution < 1.29 is 0 Å². The fourth-order valence-electron chi connectivity index (χ4n) is 5.27. The summed E-state index contributed by atoms with van der Waals surface area (Å²) in [5.41, 5.74) is 13.1. The van der Waals surface area contributed by atoms with Crippen LogP contribution in [0.1, 0.15) is 25.0 Å². The molecule has 0 aromatic heterocycles. The summed E-state index contributed by atoms with van der Waals surface area (Å²) in [5.74, 6) is 0. The van der Waals surface area contributed by atoms with Gasteiger partial charge in [0.05, 0.1) is 0 Å². The molecule has 0 fully saturated rings. The summed E-state index contributed by atoms with van der Waals surface area (Å²) in [5, 5.41) is 0. The van der Waals surface area contributed by atoms with Crippen molar-refractivity contribution in [3.63, 3.8) is 0 Å². The summed E-state index contributed by atoms with van der Waals surface area (Å²) in [6, 6.07) is 44.2. The molecule has 0 atom stereocenters. The fourth-order valence-corrected chi connectivity index (χ4v) is 5.27. The van der Waals surface area contributed by atoms with Crippen LogP contribution in [0, 0.1) is 0 Å². The minimum atomic E-state index is 0.00123. The molecule has 0 saturated heterocycles. The molecule has 1 aliphatic carbocycles. The minimum Gasteiger partial charge on any atom is -0.0622 e. The largest absolute Gasteiger partial charge is 0.0622 e. The summed E-state index contributed by atoms with van der Waals surface area (Å²) in [4.78, 5) is 0. The Bertz CT molecular complexity index is 1400. The minimum absolute atomic E-state index is 0.00123. The number of hydrogen-bond donors (Lipinski definition) is 0. The van der Waals surface area contributed by atoms with Gasteiger partial charge in [-0.05, 0) is 79.9 Å². The highest BCUT2D eigenvalue weighted by molar-refractivity contribution is 5.86. The summed E-state index contributed by atoms with van der Waals surface area (Å²) < 4.78 is 0. The summed E-state index contributed by atoms with van der Waals surface area (Å²) in [7, 11) is 0. The molecular weight excluding hydrogens is 396 g/mol. The molecule has 1 aliphatic rings. The zero-order valence-corrected chi connectivity index (χ0v) is 19.0. The van der Waals surface area contributed by atoms with E-state index in [0.29, 0.717) is 0 Å². The van der Waals surface area contributed by atoms with E-state index in [1.54, 1.807) is 0 Å². The van der Waals surface area contributed by atoms with Crippen LogP contribution in [-0.2, 0) is 5.41 Å². The van der Waals surface area contributed by atoms with Crippen molar-refractivity contribution in [3.8, 4) is 44.5 Å². The Labute approximate surface area is 196 Å².